The summed E-state index contributed by atoms with van der Waals surface area (Å²) in [7, 11) is 0. The topological polar surface area (TPSA) is 88.9 Å². The standard InChI is InChI=1S/C20H19N5O2S/c1-13-7-5-6-10-15(13)21-18(27)16-11-17(26)22-19-23-20(24-25(16)19)28-12-14-8-3-2-4-9-14/h2-10,16H,11-12H2,1H3,(H,21,27)(H,22,23,24,26)/t16-/m0/s1. The summed E-state index contributed by atoms with van der Waals surface area (Å²) in [5.41, 5.74) is 2.83. The second-order valence-corrected chi connectivity index (χ2v) is 7.45. The fourth-order valence-electron chi connectivity index (χ4n) is 2.96. The molecular formula is C20H19N5O2S. The van der Waals surface area contributed by atoms with E-state index in [1.165, 1.54) is 16.4 Å². The quantitative estimate of drug-likeness (QED) is 0.649. The summed E-state index contributed by atoms with van der Waals surface area (Å²) in [5.74, 6) is 0.481. The first-order valence-electron chi connectivity index (χ1n) is 8.90. The summed E-state index contributed by atoms with van der Waals surface area (Å²) < 4.78 is 1.50. The van der Waals surface area contributed by atoms with E-state index in [2.05, 4.69) is 20.7 Å². The van der Waals surface area contributed by atoms with E-state index in [9.17, 15) is 9.59 Å². The normalized spacial score (nSPS) is 15.6. The van der Waals surface area contributed by atoms with Gasteiger partial charge in [-0.2, -0.15) is 4.98 Å². The van der Waals surface area contributed by atoms with Crippen LogP contribution in [-0.4, -0.2) is 26.6 Å². The molecule has 0 aliphatic carbocycles. The van der Waals surface area contributed by atoms with Gasteiger partial charge in [-0.05, 0) is 24.1 Å². The molecule has 1 aliphatic rings. The highest BCUT2D eigenvalue weighted by Gasteiger charge is 2.33. The van der Waals surface area contributed by atoms with Gasteiger partial charge in [0.1, 0.15) is 6.04 Å². The number of aromatic nitrogens is 3. The number of thioether (sulfide) groups is 1. The Kier molecular flexibility index (Phi) is 5.12. The summed E-state index contributed by atoms with van der Waals surface area (Å²) in [6, 6.07) is 16.8. The average Bonchev–Trinajstić information content (AvgIpc) is 3.11. The van der Waals surface area contributed by atoms with Crippen molar-refractivity contribution in [1.82, 2.24) is 14.8 Å². The maximum atomic E-state index is 12.8. The summed E-state index contributed by atoms with van der Waals surface area (Å²) in [6.45, 7) is 1.92. The Morgan fingerprint density at radius 2 is 1.96 bits per heavy atom. The van der Waals surface area contributed by atoms with E-state index in [1.807, 2.05) is 61.5 Å². The summed E-state index contributed by atoms with van der Waals surface area (Å²) in [6.07, 6.45) is 0.0247. The molecule has 28 heavy (non-hydrogen) atoms. The Morgan fingerprint density at radius 1 is 1.21 bits per heavy atom. The van der Waals surface area contributed by atoms with Crippen LogP contribution in [0.15, 0.2) is 59.8 Å². The molecule has 0 radical (unpaired) electrons. The monoisotopic (exact) mass is 393 g/mol. The van der Waals surface area contributed by atoms with Crippen LogP contribution in [-0.2, 0) is 15.3 Å². The molecule has 1 atom stereocenters. The zero-order valence-corrected chi connectivity index (χ0v) is 16.1. The van der Waals surface area contributed by atoms with Crippen molar-refractivity contribution in [3.8, 4) is 0 Å². The van der Waals surface area contributed by atoms with Crippen molar-refractivity contribution < 1.29 is 9.59 Å². The molecule has 0 saturated heterocycles. The molecule has 8 heteroatoms. The highest BCUT2D eigenvalue weighted by atomic mass is 32.2. The molecule has 0 unspecified atom stereocenters. The lowest BCUT2D eigenvalue weighted by molar-refractivity contribution is -0.125. The third kappa shape index (κ3) is 3.91. The lowest BCUT2D eigenvalue weighted by atomic mass is 10.1. The van der Waals surface area contributed by atoms with Crippen LogP contribution in [0.2, 0.25) is 0 Å². The molecule has 1 aliphatic heterocycles. The van der Waals surface area contributed by atoms with Crippen molar-refractivity contribution in [1.29, 1.82) is 0 Å². The fourth-order valence-corrected chi connectivity index (χ4v) is 3.75. The number of para-hydroxylation sites is 1. The molecule has 7 nitrogen and oxygen atoms in total. The molecule has 0 spiro atoms. The SMILES string of the molecule is Cc1ccccc1NC(=O)[C@@H]1CC(=O)Nc2nc(SCc3ccccc3)nn21. The first-order chi connectivity index (χ1) is 13.6. The van der Waals surface area contributed by atoms with E-state index in [0.717, 1.165) is 16.8 Å². The van der Waals surface area contributed by atoms with Crippen molar-refractivity contribution in [2.24, 2.45) is 0 Å². The van der Waals surface area contributed by atoms with Crippen LogP contribution >= 0.6 is 11.8 Å². The number of hydrogen-bond donors (Lipinski definition) is 2. The van der Waals surface area contributed by atoms with Gasteiger partial charge in [0.05, 0.1) is 6.42 Å². The van der Waals surface area contributed by atoms with Crippen LogP contribution in [0.5, 0.6) is 0 Å². The molecule has 0 bridgehead atoms. The molecule has 2 aromatic carbocycles. The molecule has 1 aromatic heterocycles. The average molecular weight is 393 g/mol. The predicted octanol–water partition coefficient (Wildman–Crippen LogP) is 3.40. The van der Waals surface area contributed by atoms with E-state index in [0.29, 0.717) is 16.9 Å². The number of carbonyl (C=O) groups excluding carboxylic acids is 2. The molecule has 2 heterocycles. The van der Waals surface area contributed by atoms with Gasteiger partial charge in [-0.25, -0.2) is 4.68 Å². The number of carbonyl (C=O) groups is 2. The van der Waals surface area contributed by atoms with Crippen LogP contribution in [0.1, 0.15) is 23.6 Å². The number of amides is 2. The van der Waals surface area contributed by atoms with Crippen molar-refractivity contribution in [3.05, 3.63) is 65.7 Å². The maximum absolute atomic E-state index is 12.8. The zero-order valence-electron chi connectivity index (χ0n) is 15.3. The summed E-state index contributed by atoms with van der Waals surface area (Å²) >= 11 is 1.46. The Bertz CT molecular complexity index is 1020. The highest BCUT2D eigenvalue weighted by molar-refractivity contribution is 7.98. The van der Waals surface area contributed by atoms with Gasteiger partial charge < -0.3 is 5.32 Å². The van der Waals surface area contributed by atoms with Gasteiger partial charge in [-0.3, -0.25) is 14.9 Å². The first-order valence-corrected chi connectivity index (χ1v) is 9.88. The smallest absolute Gasteiger partial charge is 0.249 e. The maximum Gasteiger partial charge on any atom is 0.249 e. The van der Waals surface area contributed by atoms with Crippen molar-refractivity contribution in [3.63, 3.8) is 0 Å². The van der Waals surface area contributed by atoms with E-state index in [1.54, 1.807) is 0 Å². The van der Waals surface area contributed by atoms with Crippen LogP contribution in [0.4, 0.5) is 11.6 Å². The zero-order chi connectivity index (χ0) is 19.5. The lowest BCUT2D eigenvalue weighted by Crippen LogP contribution is -2.36. The van der Waals surface area contributed by atoms with Crippen LogP contribution in [0, 0.1) is 6.92 Å². The molecule has 0 saturated carbocycles. The van der Waals surface area contributed by atoms with E-state index in [-0.39, 0.29) is 18.2 Å². The predicted molar refractivity (Wildman–Crippen MR) is 108 cm³/mol. The van der Waals surface area contributed by atoms with Crippen LogP contribution in [0.3, 0.4) is 0 Å². The van der Waals surface area contributed by atoms with Crippen LogP contribution < -0.4 is 10.6 Å². The number of nitrogens with zero attached hydrogens (tertiary/aromatic N) is 3. The Balaban J connectivity index is 1.53. The van der Waals surface area contributed by atoms with Gasteiger partial charge in [0.25, 0.3) is 0 Å². The number of benzene rings is 2. The molecule has 0 fully saturated rings. The van der Waals surface area contributed by atoms with Crippen molar-refractivity contribution in [2.75, 3.05) is 10.6 Å². The number of nitrogens with one attached hydrogen (secondary N) is 2. The third-order valence-electron chi connectivity index (χ3n) is 4.45. The Hall–Kier alpha value is -3.13. The molecule has 3 aromatic rings. The summed E-state index contributed by atoms with van der Waals surface area (Å²) in [5, 5.41) is 10.6. The molecule has 4 rings (SSSR count). The first kappa shape index (κ1) is 18.2. The Labute approximate surface area is 166 Å². The Morgan fingerprint density at radius 3 is 2.75 bits per heavy atom. The van der Waals surface area contributed by atoms with Crippen molar-refractivity contribution in [2.45, 2.75) is 30.3 Å². The number of hydrogen-bond acceptors (Lipinski definition) is 5. The van der Waals surface area contributed by atoms with Gasteiger partial charge in [0, 0.05) is 11.4 Å². The van der Waals surface area contributed by atoms with Gasteiger partial charge in [-0.15, -0.1) is 5.10 Å². The molecule has 2 amide bonds. The second-order valence-electron chi connectivity index (χ2n) is 6.51. The number of anilines is 2. The summed E-state index contributed by atoms with van der Waals surface area (Å²) in [4.78, 5) is 29.3. The number of rotatable bonds is 5. The molecule has 2 N–H and O–H groups in total. The third-order valence-corrected chi connectivity index (χ3v) is 5.36. The van der Waals surface area contributed by atoms with E-state index >= 15 is 0 Å². The molecular weight excluding hydrogens is 374 g/mol. The van der Waals surface area contributed by atoms with Crippen molar-refractivity contribution >= 4 is 35.2 Å². The minimum atomic E-state index is -0.734. The largest absolute Gasteiger partial charge is 0.324 e. The van der Waals surface area contributed by atoms with Gasteiger partial charge in [-0.1, -0.05) is 60.3 Å². The van der Waals surface area contributed by atoms with Gasteiger partial charge >= 0.3 is 0 Å². The van der Waals surface area contributed by atoms with E-state index < -0.39 is 6.04 Å². The highest BCUT2D eigenvalue weighted by Crippen LogP contribution is 2.28. The second kappa shape index (κ2) is 7.85. The molecule has 142 valence electrons. The minimum Gasteiger partial charge on any atom is -0.324 e. The minimum absolute atomic E-state index is 0.0247. The van der Waals surface area contributed by atoms with Gasteiger partial charge in [0.2, 0.25) is 22.9 Å². The number of aryl methyl sites for hydroxylation is 1. The number of fused-ring (bicyclic) bond motifs is 1. The fraction of sp³-hybridized carbons (Fsp3) is 0.200. The van der Waals surface area contributed by atoms with Crippen LogP contribution in [0.25, 0.3) is 0 Å². The lowest BCUT2D eigenvalue weighted by Gasteiger charge is -2.22. The van der Waals surface area contributed by atoms with E-state index in [4.69, 9.17) is 0 Å². The van der Waals surface area contributed by atoms with Gasteiger partial charge in [0.15, 0.2) is 0 Å².